The van der Waals surface area contributed by atoms with E-state index in [9.17, 15) is 9.59 Å². The molecule has 172 valence electrons. The molecule has 0 atom stereocenters. The first-order chi connectivity index (χ1) is 16.6. The largest absolute Gasteiger partial charge is 0.368 e. The third-order valence-corrected chi connectivity index (χ3v) is 6.07. The van der Waals surface area contributed by atoms with Gasteiger partial charge in [0.15, 0.2) is 0 Å². The van der Waals surface area contributed by atoms with Gasteiger partial charge in [0, 0.05) is 54.7 Å². The number of para-hydroxylation sites is 1. The number of nitrogens with zero attached hydrogens (tertiary/aromatic N) is 5. The number of carbonyl (C=O) groups excluding carboxylic acids is 1. The molecule has 0 radical (unpaired) electrons. The van der Waals surface area contributed by atoms with Crippen molar-refractivity contribution in [3.63, 3.8) is 0 Å². The number of aromatic nitrogens is 3. The lowest BCUT2D eigenvalue weighted by atomic mass is 10.2. The number of halogens is 1. The SMILES string of the molecule is O=C(Cn1cc(-c2nc(-c3ccc(Cl)cc3)no2)ccc1=O)N1CCN(c2ccccc2)CC1. The summed E-state index contributed by atoms with van der Waals surface area (Å²) < 4.78 is 6.78. The number of hydrogen-bond donors (Lipinski definition) is 0. The number of anilines is 1. The van der Waals surface area contributed by atoms with E-state index >= 15 is 0 Å². The molecule has 2 aromatic carbocycles. The first-order valence-electron chi connectivity index (χ1n) is 10.9. The Balaban J connectivity index is 1.27. The van der Waals surface area contributed by atoms with Gasteiger partial charge in [0.1, 0.15) is 6.54 Å². The van der Waals surface area contributed by atoms with Gasteiger partial charge in [0.05, 0.1) is 5.56 Å². The lowest BCUT2D eigenvalue weighted by Crippen LogP contribution is -2.50. The van der Waals surface area contributed by atoms with Crippen LogP contribution in [0.3, 0.4) is 0 Å². The fraction of sp³-hybridized carbons (Fsp3) is 0.200. The van der Waals surface area contributed by atoms with Gasteiger partial charge >= 0.3 is 0 Å². The second-order valence-corrected chi connectivity index (χ2v) is 8.45. The number of hydrogen-bond acceptors (Lipinski definition) is 6. The van der Waals surface area contributed by atoms with E-state index in [1.54, 1.807) is 41.4 Å². The molecule has 3 heterocycles. The van der Waals surface area contributed by atoms with Crippen molar-refractivity contribution in [3.05, 3.63) is 88.3 Å². The first-order valence-corrected chi connectivity index (χ1v) is 11.3. The van der Waals surface area contributed by atoms with Crippen molar-refractivity contribution in [2.75, 3.05) is 31.1 Å². The number of amides is 1. The summed E-state index contributed by atoms with van der Waals surface area (Å²) in [6.45, 7) is 2.67. The van der Waals surface area contributed by atoms with Crippen LogP contribution in [0.5, 0.6) is 0 Å². The summed E-state index contributed by atoms with van der Waals surface area (Å²) >= 11 is 5.94. The van der Waals surface area contributed by atoms with E-state index in [0.717, 1.165) is 24.3 Å². The molecule has 0 spiro atoms. The maximum atomic E-state index is 12.9. The number of pyridine rings is 1. The number of piperazine rings is 1. The summed E-state index contributed by atoms with van der Waals surface area (Å²) in [7, 11) is 0. The van der Waals surface area contributed by atoms with Crippen LogP contribution in [0.25, 0.3) is 22.8 Å². The summed E-state index contributed by atoms with van der Waals surface area (Å²) in [6.07, 6.45) is 1.58. The van der Waals surface area contributed by atoms with Crippen molar-refractivity contribution >= 4 is 23.2 Å². The molecular formula is C25H22ClN5O3. The van der Waals surface area contributed by atoms with Crippen LogP contribution in [-0.2, 0) is 11.3 Å². The Morgan fingerprint density at radius 3 is 2.35 bits per heavy atom. The van der Waals surface area contributed by atoms with Crippen molar-refractivity contribution in [1.29, 1.82) is 0 Å². The molecule has 0 aliphatic carbocycles. The Labute approximate surface area is 201 Å². The lowest BCUT2D eigenvalue weighted by molar-refractivity contribution is -0.132. The molecule has 8 nitrogen and oxygen atoms in total. The van der Waals surface area contributed by atoms with Crippen LogP contribution in [0.15, 0.2) is 82.2 Å². The quantitative estimate of drug-likeness (QED) is 0.439. The Hall–Kier alpha value is -3.91. The van der Waals surface area contributed by atoms with Gasteiger partial charge in [0.25, 0.3) is 11.4 Å². The Morgan fingerprint density at radius 1 is 0.912 bits per heavy atom. The molecule has 5 rings (SSSR count). The van der Waals surface area contributed by atoms with Crippen molar-refractivity contribution in [2.45, 2.75) is 6.54 Å². The lowest BCUT2D eigenvalue weighted by Gasteiger charge is -2.36. The van der Waals surface area contributed by atoms with Crippen LogP contribution in [0, 0.1) is 0 Å². The molecule has 4 aromatic rings. The molecular weight excluding hydrogens is 454 g/mol. The molecule has 9 heteroatoms. The Kier molecular flexibility index (Phi) is 6.14. The van der Waals surface area contributed by atoms with Gasteiger partial charge in [-0.3, -0.25) is 9.59 Å². The molecule has 0 unspecified atom stereocenters. The summed E-state index contributed by atoms with van der Waals surface area (Å²) in [5.74, 6) is 0.582. The Bertz CT molecular complexity index is 1340. The van der Waals surface area contributed by atoms with Crippen LogP contribution >= 0.6 is 11.6 Å². The fourth-order valence-electron chi connectivity index (χ4n) is 3.94. The summed E-state index contributed by atoms with van der Waals surface area (Å²) in [5, 5.41) is 4.63. The van der Waals surface area contributed by atoms with Crippen LogP contribution < -0.4 is 10.5 Å². The van der Waals surface area contributed by atoms with E-state index in [4.69, 9.17) is 16.1 Å². The van der Waals surface area contributed by atoms with Gasteiger partial charge in [-0.25, -0.2) is 0 Å². The molecule has 1 amide bonds. The predicted octanol–water partition coefficient (Wildman–Crippen LogP) is 3.57. The third-order valence-electron chi connectivity index (χ3n) is 5.82. The van der Waals surface area contributed by atoms with Crippen LogP contribution in [0.1, 0.15) is 0 Å². The molecule has 1 aliphatic heterocycles. The average molecular weight is 476 g/mol. The Morgan fingerprint density at radius 2 is 1.62 bits per heavy atom. The van der Waals surface area contributed by atoms with Gasteiger partial charge in [-0.05, 0) is 42.5 Å². The monoisotopic (exact) mass is 475 g/mol. The normalized spacial score (nSPS) is 13.8. The minimum Gasteiger partial charge on any atom is -0.368 e. The number of carbonyl (C=O) groups is 1. The molecule has 2 aromatic heterocycles. The third kappa shape index (κ3) is 4.72. The minimum absolute atomic E-state index is 0.0454. The topological polar surface area (TPSA) is 84.5 Å². The van der Waals surface area contributed by atoms with E-state index in [1.807, 2.05) is 18.2 Å². The maximum absolute atomic E-state index is 12.9. The summed E-state index contributed by atoms with van der Waals surface area (Å²) in [4.78, 5) is 33.8. The van der Waals surface area contributed by atoms with E-state index in [-0.39, 0.29) is 23.9 Å². The zero-order valence-corrected chi connectivity index (χ0v) is 19.1. The van der Waals surface area contributed by atoms with Gasteiger partial charge in [0.2, 0.25) is 11.7 Å². The van der Waals surface area contributed by atoms with Crippen molar-refractivity contribution in [1.82, 2.24) is 19.6 Å². The van der Waals surface area contributed by atoms with Gasteiger partial charge in [-0.2, -0.15) is 4.98 Å². The number of benzene rings is 2. The van der Waals surface area contributed by atoms with E-state index in [2.05, 4.69) is 27.2 Å². The number of rotatable bonds is 5. The molecule has 0 bridgehead atoms. The van der Waals surface area contributed by atoms with Gasteiger partial charge in [-0.1, -0.05) is 35.0 Å². The zero-order valence-electron chi connectivity index (χ0n) is 18.3. The molecule has 0 saturated carbocycles. The molecule has 1 fully saturated rings. The van der Waals surface area contributed by atoms with Gasteiger partial charge in [-0.15, -0.1) is 0 Å². The molecule has 1 saturated heterocycles. The predicted molar refractivity (Wildman–Crippen MR) is 130 cm³/mol. The minimum atomic E-state index is -0.266. The van der Waals surface area contributed by atoms with Gasteiger partial charge < -0.3 is 18.9 Å². The molecule has 1 aliphatic rings. The van der Waals surface area contributed by atoms with Crippen LogP contribution in [-0.4, -0.2) is 51.7 Å². The van der Waals surface area contributed by atoms with Crippen molar-refractivity contribution in [3.8, 4) is 22.8 Å². The first kappa shape index (κ1) is 21.9. The maximum Gasteiger partial charge on any atom is 0.259 e. The second kappa shape index (κ2) is 9.52. The van der Waals surface area contributed by atoms with Crippen molar-refractivity contribution < 1.29 is 9.32 Å². The van der Waals surface area contributed by atoms with E-state index in [1.165, 1.54) is 10.6 Å². The highest BCUT2D eigenvalue weighted by Crippen LogP contribution is 2.23. The zero-order chi connectivity index (χ0) is 23.5. The molecule has 0 N–H and O–H groups in total. The van der Waals surface area contributed by atoms with E-state index < -0.39 is 0 Å². The second-order valence-electron chi connectivity index (χ2n) is 8.02. The molecule has 34 heavy (non-hydrogen) atoms. The average Bonchev–Trinajstić information content (AvgIpc) is 3.37. The smallest absolute Gasteiger partial charge is 0.259 e. The fourth-order valence-corrected chi connectivity index (χ4v) is 4.06. The highest BCUT2D eigenvalue weighted by Gasteiger charge is 2.22. The highest BCUT2D eigenvalue weighted by atomic mass is 35.5. The highest BCUT2D eigenvalue weighted by molar-refractivity contribution is 6.30. The van der Waals surface area contributed by atoms with Crippen molar-refractivity contribution in [2.24, 2.45) is 0 Å². The van der Waals surface area contributed by atoms with Crippen LogP contribution in [0.2, 0.25) is 5.02 Å². The summed E-state index contributed by atoms with van der Waals surface area (Å²) in [5.41, 5.74) is 2.21. The standard InChI is InChI=1S/C25H22ClN5O3/c26-20-9-6-18(7-10-20)24-27-25(34-28-24)19-8-11-22(32)31(16-19)17-23(33)30-14-12-29(13-15-30)21-4-2-1-3-5-21/h1-11,16H,12-15,17H2. The summed E-state index contributed by atoms with van der Waals surface area (Å²) in [6, 6.07) is 20.3. The van der Waals surface area contributed by atoms with E-state index in [0.29, 0.717) is 29.5 Å². The van der Waals surface area contributed by atoms with Crippen LogP contribution in [0.4, 0.5) is 5.69 Å².